The van der Waals surface area contributed by atoms with E-state index in [9.17, 15) is 4.79 Å². The molecule has 1 unspecified atom stereocenters. The monoisotopic (exact) mass is 289 g/mol. The van der Waals surface area contributed by atoms with Gasteiger partial charge in [0.15, 0.2) is 5.78 Å². The molecular formula is C18H27NO2. The lowest BCUT2D eigenvalue weighted by Crippen LogP contribution is -2.40. The predicted molar refractivity (Wildman–Crippen MR) is 85.6 cm³/mol. The Morgan fingerprint density at radius 2 is 2.05 bits per heavy atom. The molecule has 1 aliphatic heterocycles. The third kappa shape index (κ3) is 4.65. The van der Waals surface area contributed by atoms with E-state index in [0.717, 1.165) is 38.3 Å². The van der Waals surface area contributed by atoms with Crippen molar-refractivity contribution < 1.29 is 9.53 Å². The van der Waals surface area contributed by atoms with Crippen LogP contribution in [0.1, 0.15) is 37.0 Å². The van der Waals surface area contributed by atoms with E-state index in [1.807, 2.05) is 44.2 Å². The van der Waals surface area contributed by atoms with E-state index in [1.165, 1.54) is 6.42 Å². The fourth-order valence-corrected chi connectivity index (χ4v) is 3.18. The fraction of sp³-hybridized carbons (Fsp3) is 0.611. The zero-order valence-electron chi connectivity index (χ0n) is 13.5. The molecule has 0 spiro atoms. The molecule has 116 valence electrons. The maximum absolute atomic E-state index is 12.6. The Morgan fingerprint density at radius 3 is 2.67 bits per heavy atom. The van der Waals surface area contributed by atoms with Crippen LogP contribution >= 0.6 is 0 Å². The molecule has 0 saturated carbocycles. The summed E-state index contributed by atoms with van der Waals surface area (Å²) in [5, 5.41) is 0. The Hall–Kier alpha value is -1.19. The molecule has 1 fully saturated rings. The van der Waals surface area contributed by atoms with Crippen LogP contribution in [0.2, 0.25) is 0 Å². The minimum Gasteiger partial charge on any atom is -0.381 e. The van der Waals surface area contributed by atoms with Crippen LogP contribution < -0.4 is 0 Å². The van der Waals surface area contributed by atoms with Crippen LogP contribution in [0.25, 0.3) is 0 Å². The van der Waals surface area contributed by atoms with Crippen LogP contribution in [0.4, 0.5) is 0 Å². The fourth-order valence-electron chi connectivity index (χ4n) is 3.18. The summed E-state index contributed by atoms with van der Waals surface area (Å²) < 4.78 is 5.54. The van der Waals surface area contributed by atoms with Crippen LogP contribution in [0.3, 0.4) is 0 Å². The molecule has 1 atom stereocenters. The van der Waals surface area contributed by atoms with E-state index in [2.05, 4.69) is 11.9 Å². The van der Waals surface area contributed by atoms with E-state index < -0.39 is 0 Å². The highest BCUT2D eigenvalue weighted by Gasteiger charge is 2.30. The van der Waals surface area contributed by atoms with Gasteiger partial charge in [0.1, 0.15) is 0 Å². The number of benzene rings is 1. The zero-order valence-corrected chi connectivity index (χ0v) is 13.5. The molecule has 21 heavy (non-hydrogen) atoms. The van der Waals surface area contributed by atoms with E-state index >= 15 is 0 Å². The number of carbonyl (C=O) groups is 1. The van der Waals surface area contributed by atoms with Gasteiger partial charge in [-0.1, -0.05) is 44.2 Å². The number of ether oxygens (including phenoxy) is 1. The van der Waals surface area contributed by atoms with Gasteiger partial charge in [-0.25, -0.2) is 0 Å². The first-order valence-electron chi connectivity index (χ1n) is 7.85. The minimum absolute atomic E-state index is 0.217. The van der Waals surface area contributed by atoms with Gasteiger partial charge in [0.25, 0.3) is 0 Å². The summed E-state index contributed by atoms with van der Waals surface area (Å²) in [7, 11) is 2.11. The summed E-state index contributed by atoms with van der Waals surface area (Å²) in [4.78, 5) is 14.9. The highest BCUT2D eigenvalue weighted by molar-refractivity contribution is 6.00. The van der Waals surface area contributed by atoms with Crippen molar-refractivity contribution in [3.63, 3.8) is 0 Å². The molecule has 3 heteroatoms. The van der Waals surface area contributed by atoms with Crippen molar-refractivity contribution in [2.45, 2.75) is 26.7 Å². The standard InChI is InChI=1S/C18H27NO2/c1-18(2,17(20)16-9-5-4-6-10-16)14-19(3)12-15-8-7-11-21-13-15/h4-6,9-10,15H,7-8,11-14H2,1-3H3. The second-order valence-electron chi connectivity index (χ2n) is 6.86. The zero-order chi connectivity index (χ0) is 15.3. The molecule has 1 aliphatic rings. The molecule has 0 aliphatic carbocycles. The molecule has 3 nitrogen and oxygen atoms in total. The van der Waals surface area contributed by atoms with E-state index in [-0.39, 0.29) is 11.2 Å². The second-order valence-corrected chi connectivity index (χ2v) is 6.86. The van der Waals surface area contributed by atoms with Crippen LogP contribution in [0.5, 0.6) is 0 Å². The van der Waals surface area contributed by atoms with Gasteiger partial charge in [-0.2, -0.15) is 0 Å². The number of hydrogen-bond donors (Lipinski definition) is 0. The molecule has 0 bridgehead atoms. The van der Waals surface area contributed by atoms with Gasteiger partial charge >= 0.3 is 0 Å². The van der Waals surface area contributed by atoms with Crippen molar-refractivity contribution in [1.82, 2.24) is 4.90 Å². The van der Waals surface area contributed by atoms with E-state index in [0.29, 0.717) is 5.92 Å². The third-order valence-corrected chi connectivity index (χ3v) is 4.14. The Labute approximate surface area is 128 Å². The molecule has 2 rings (SSSR count). The summed E-state index contributed by atoms with van der Waals surface area (Å²) in [6.07, 6.45) is 2.39. The van der Waals surface area contributed by atoms with Crippen LogP contribution in [-0.2, 0) is 4.74 Å². The van der Waals surface area contributed by atoms with Crippen molar-refractivity contribution in [2.75, 3.05) is 33.4 Å². The van der Waals surface area contributed by atoms with Gasteiger partial charge in [-0.05, 0) is 25.8 Å². The van der Waals surface area contributed by atoms with Crippen molar-refractivity contribution in [1.29, 1.82) is 0 Å². The van der Waals surface area contributed by atoms with Crippen LogP contribution in [0.15, 0.2) is 30.3 Å². The Morgan fingerprint density at radius 1 is 1.33 bits per heavy atom. The lowest BCUT2D eigenvalue weighted by atomic mass is 9.83. The number of carbonyl (C=O) groups excluding carboxylic acids is 1. The first kappa shape index (κ1) is 16.2. The number of ketones is 1. The number of nitrogens with zero attached hydrogens (tertiary/aromatic N) is 1. The first-order chi connectivity index (χ1) is 9.99. The molecule has 0 aromatic heterocycles. The Balaban J connectivity index is 1.91. The minimum atomic E-state index is -0.369. The van der Waals surface area contributed by atoms with E-state index in [4.69, 9.17) is 4.74 Å². The van der Waals surface area contributed by atoms with Gasteiger partial charge < -0.3 is 9.64 Å². The summed E-state index contributed by atoms with van der Waals surface area (Å²) >= 11 is 0. The number of rotatable bonds is 6. The largest absolute Gasteiger partial charge is 0.381 e. The van der Waals surface area contributed by atoms with Crippen molar-refractivity contribution in [2.24, 2.45) is 11.3 Å². The normalized spacial score (nSPS) is 19.7. The lowest BCUT2D eigenvalue weighted by Gasteiger charge is -2.32. The maximum atomic E-state index is 12.6. The highest BCUT2D eigenvalue weighted by atomic mass is 16.5. The first-order valence-corrected chi connectivity index (χ1v) is 7.85. The highest BCUT2D eigenvalue weighted by Crippen LogP contribution is 2.24. The molecule has 0 radical (unpaired) electrons. The topological polar surface area (TPSA) is 29.5 Å². The van der Waals surface area contributed by atoms with Crippen LogP contribution in [0, 0.1) is 11.3 Å². The predicted octanol–water partition coefficient (Wildman–Crippen LogP) is 3.25. The smallest absolute Gasteiger partial charge is 0.169 e. The lowest BCUT2D eigenvalue weighted by molar-refractivity contribution is 0.0367. The summed E-state index contributed by atoms with van der Waals surface area (Å²) in [6, 6.07) is 9.59. The molecule has 1 aromatic carbocycles. The van der Waals surface area contributed by atoms with Crippen molar-refractivity contribution in [3.8, 4) is 0 Å². The molecule has 0 N–H and O–H groups in total. The van der Waals surface area contributed by atoms with Gasteiger partial charge in [0, 0.05) is 30.7 Å². The summed E-state index contributed by atoms with van der Waals surface area (Å²) in [5.74, 6) is 0.821. The van der Waals surface area contributed by atoms with Crippen LogP contribution in [-0.4, -0.2) is 44.0 Å². The molecule has 1 aromatic rings. The molecular weight excluding hydrogens is 262 g/mol. The SMILES string of the molecule is CN(CC1CCCOC1)CC(C)(C)C(=O)c1ccccc1. The Kier molecular flexibility index (Phi) is 5.54. The average molecular weight is 289 g/mol. The Bertz CT molecular complexity index is 450. The maximum Gasteiger partial charge on any atom is 0.169 e. The van der Waals surface area contributed by atoms with E-state index in [1.54, 1.807) is 0 Å². The van der Waals surface area contributed by atoms with Gasteiger partial charge in [0.05, 0.1) is 6.61 Å². The quantitative estimate of drug-likeness (QED) is 0.753. The van der Waals surface area contributed by atoms with Gasteiger partial charge in [-0.3, -0.25) is 4.79 Å². The second kappa shape index (κ2) is 7.19. The average Bonchev–Trinajstić information content (AvgIpc) is 2.47. The molecule has 1 saturated heterocycles. The van der Waals surface area contributed by atoms with Gasteiger partial charge in [-0.15, -0.1) is 0 Å². The number of Topliss-reactive ketones (excluding diaryl/α,β-unsaturated/α-hetero) is 1. The number of hydrogen-bond acceptors (Lipinski definition) is 3. The van der Waals surface area contributed by atoms with Crippen molar-refractivity contribution in [3.05, 3.63) is 35.9 Å². The van der Waals surface area contributed by atoms with Gasteiger partial charge in [0.2, 0.25) is 0 Å². The summed E-state index contributed by atoms with van der Waals surface area (Å²) in [6.45, 7) is 7.62. The van der Waals surface area contributed by atoms with Crippen molar-refractivity contribution >= 4 is 5.78 Å². The summed E-state index contributed by atoms with van der Waals surface area (Å²) in [5.41, 5.74) is 0.433. The molecule has 1 heterocycles. The molecule has 0 amide bonds. The third-order valence-electron chi connectivity index (χ3n) is 4.14.